The summed E-state index contributed by atoms with van der Waals surface area (Å²) in [6, 6.07) is 14.0. The van der Waals surface area contributed by atoms with E-state index < -0.39 is 0 Å². The van der Waals surface area contributed by atoms with E-state index in [0.717, 1.165) is 22.5 Å². The van der Waals surface area contributed by atoms with Crippen LogP contribution in [0, 0.1) is 12.7 Å². The highest BCUT2D eigenvalue weighted by Gasteiger charge is 2.20. The van der Waals surface area contributed by atoms with Crippen molar-refractivity contribution in [3.63, 3.8) is 0 Å². The van der Waals surface area contributed by atoms with Crippen LogP contribution in [0.15, 0.2) is 54.7 Å². The molecule has 0 unspecified atom stereocenters. The topological polar surface area (TPSA) is 46.9 Å². The average molecular weight is 351 g/mol. The molecule has 3 aromatic rings. The lowest BCUT2D eigenvalue weighted by Crippen LogP contribution is -2.24. The molecule has 0 atom stereocenters. The number of hydrogen-bond donors (Lipinski definition) is 1. The molecule has 0 aliphatic heterocycles. The fourth-order valence-electron chi connectivity index (χ4n) is 2.96. The van der Waals surface area contributed by atoms with Crippen molar-refractivity contribution < 1.29 is 9.18 Å². The minimum Gasteiger partial charge on any atom is -0.348 e. The highest BCUT2D eigenvalue weighted by atomic mass is 19.1. The van der Waals surface area contributed by atoms with Gasteiger partial charge in [-0.15, -0.1) is 0 Å². The lowest BCUT2D eigenvalue weighted by atomic mass is 10.0. The summed E-state index contributed by atoms with van der Waals surface area (Å²) in [6.45, 7) is 6.50. The molecule has 0 aliphatic carbocycles. The van der Waals surface area contributed by atoms with Crippen LogP contribution in [0.2, 0.25) is 0 Å². The van der Waals surface area contributed by atoms with Crippen LogP contribution in [-0.4, -0.2) is 15.7 Å². The summed E-state index contributed by atoms with van der Waals surface area (Å²) in [7, 11) is 0. The predicted octanol–water partition coefficient (Wildman–Crippen LogP) is 4.37. The van der Waals surface area contributed by atoms with Gasteiger partial charge in [0.2, 0.25) is 0 Å². The summed E-state index contributed by atoms with van der Waals surface area (Å²) in [5.74, 6) is -0.379. The zero-order chi connectivity index (χ0) is 18.7. The number of carbonyl (C=O) groups excluding carboxylic acids is 1. The van der Waals surface area contributed by atoms with Crippen molar-refractivity contribution in [2.45, 2.75) is 33.2 Å². The molecule has 134 valence electrons. The third kappa shape index (κ3) is 3.67. The Bertz CT molecular complexity index is 913. The van der Waals surface area contributed by atoms with Gasteiger partial charge in [0.15, 0.2) is 0 Å². The van der Waals surface area contributed by atoms with Crippen molar-refractivity contribution in [1.82, 2.24) is 15.1 Å². The number of hydrogen-bond acceptors (Lipinski definition) is 2. The molecule has 26 heavy (non-hydrogen) atoms. The summed E-state index contributed by atoms with van der Waals surface area (Å²) >= 11 is 0. The molecule has 0 saturated heterocycles. The second kappa shape index (κ2) is 7.52. The number of halogens is 1. The third-order valence-electron chi connectivity index (χ3n) is 4.37. The van der Waals surface area contributed by atoms with Crippen LogP contribution in [0.1, 0.15) is 46.9 Å². The van der Waals surface area contributed by atoms with E-state index in [1.807, 2.05) is 45.0 Å². The summed E-state index contributed by atoms with van der Waals surface area (Å²) in [6.07, 6.45) is 1.58. The van der Waals surface area contributed by atoms with E-state index in [2.05, 4.69) is 10.4 Å². The first-order valence-electron chi connectivity index (χ1n) is 8.64. The largest absolute Gasteiger partial charge is 0.348 e. The van der Waals surface area contributed by atoms with Gasteiger partial charge < -0.3 is 5.32 Å². The molecule has 3 rings (SSSR count). The first kappa shape index (κ1) is 17.9. The Hall–Kier alpha value is -2.95. The maximum atomic E-state index is 13.2. The van der Waals surface area contributed by atoms with Gasteiger partial charge in [0.05, 0.1) is 23.1 Å². The van der Waals surface area contributed by atoms with Crippen LogP contribution in [0.3, 0.4) is 0 Å². The maximum Gasteiger partial charge on any atom is 0.255 e. The highest BCUT2D eigenvalue weighted by molar-refractivity contribution is 5.95. The van der Waals surface area contributed by atoms with E-state index >= 15 is 0 Å². The van der Waals surface area contributed by atoms with Crippen LogP contribution >= 0.6 is 0 Å². The summed E-state index contributed by atoms with van der Waals surface area (Å²) in [4.78, 5) is 12.7. The van der Waals surface area contributed by atoms with Crippen molar-refractivity contribution >= 4 is 5.91 Å². The Morgan fingerprint density at radius 2 is 1.85 bits per heavy atom. The van der Waals surface area contributed by atoms with Crippen LogP contribution in [0.25, 0.3) is 5.69 Å². The zero-order valence-corrected chi connectivity index (χ0v) is 15.2. The molecule has 1 N–H and O–H groups in total. The van der Waals surface area contributed by atoms with Crippen molar-refractivity contribution in [2.24, 2.45) is 0 Å². The fourth-order valence-corrected chi connectivity index (χ4v) is 2.96. The number of rotatable bonds is 5. The molecule has 1 aromatic heterocycles. The summed E-state index contributed by atoms with van der Waals surface area (Å²) in [5, 5.41) is 7.34. The van der Waals surface area contributed by atoms with Gasteiger partial charge in [0.1, 0.15) is 5.82 Å². The lowest BCUT2D eigenvalue weighted by Gasteiger charge is -2.13. The molecule has 0 radical (unpaired) electrons. The first-order chi connectivity index (χ1) is 12.5. The smallest absolute Gasteiger partial charge is 0.255 e. The van der Waals surface area contributed by atoms with Crippen molar-refractivity contribution in [3.05, 3.63) is 82.9 Å². The molecule has 1 heterocycles. The van der Waals surface area contributed by atoms with Crippen LogP contribution in [-0.2, 0) is 6.54 Å². The predicted molar refractivity (Wildman–Crippen MR) is 100.0 cm³/mol. The molecule has 4 nitrogen and oxygen atoms in total. The van der Waals surface area contributed by atoms with Gasteiger partial charge in [-0.1, -0.05) is 38.1 Å². The molecular formula is C21H22FN3O. The maximum absolute atomic E-state index is 13.2. The molecule has 0 saturated carbocycles. The number of aryl methyl sites for hydroxylation is 1. The van der Waals surface area contributed by atoms with Crippen LogP contribution in [0.4, 0.5) is 4.39 Å². The van der Waals surface area contributed by atoms with Gasteiger partial charge in [-0.3, -0.25) is 4.79 Å². The molecule has 2 aromatic carbocycles. The molecule has 1 amide bonds. The quantitative estimate of drug-likeness (QED) is 0.742. The Morgan fingerprint density at radius 1 is 1.15 bits per heavy atom. The number of carbonyl (C=O) groups is 1. The Kier molecular flexibility index (Phi) is 5.16. The van der Waals surface area contributed by atoms with E-state index in [1.165, 1.54) is 12.1 Å². The molecule has 0 aliphatic rings. The minimum absolute atomic E-state index is 0.0850. The van der Waals surface area contributed by atoms with E-state index in [9.17, 15) is 9.18 Å². The Balaban J connectivity index is 1.86. The van der Waals surface area contributed by atoms with Crippen molar-refractivity contribution in [1.29, 1.82) is 0 Å². The zero-order valence-electron chi connectivity index (χ0n) is 15.2. The van der Waals surface area contributed by atoms with Gasteiger partial charge in [0, 0.05) is 6.54 Å². The third-order valence-corrected chi connectivity index (χ3v) is 4.37. The highest BCUT2D eigenvalue weighted by Crippen LogP contribution is 2.23. The normalized spacial score (nSPS) is 11.0. The molecule has 0 bridgehead atoms. The summed E-state index contributed by atoms with van der Waals surface area (Å²) in [5.41, 5.74) is 4.29. The van der Waals surface area contributed by atoms with E-state index in [0.29, 0.717) is 12.1 Å². The van der Waals surface area contributed by atoms with Gasteiger partial charge in [0.25, 0.3) is 5.91 Å². The minimum atomic E-state index is -0.303. The number of amides is 1. The first-order valence-corrected chi connectivity index (χ1v) is 8.64. The van der Waals surface area contributed by atoms with Crippen LogP contribution in [0.5, 0.6) is 0 Å². The van der Waals surface area contributed by atoms with Gasteiger partial charge >= 0.3 is 0 Å². The van der Waals surface area contributed by atoms with Gasteiger partial charge in [-0.25, -0.2) is 9.07 Å². The van der Waals surface area contributed by atoms with E-state index in [-0.39, 0.29) is 17.6 Å². The van der Waals surface area contributed by atoms with Crippen molar-refractivity contribution in [2.75, 3.05) is 0 Å². The number of nitrogens with one attached hydrogen (secondary N) is 1. The Morgan fingerprint density at radius 3 is 2.50 bits per heavy atom. The second-order valence-electron chi connectivity index (χ2n) is 6.60. The summed E-state index contributed by atoms with van der Waals surface area (Å²) < 4.78 is 14.9. The van der Waals surface area contributed by atoms with E-state index in [1.54, 1.807) is 23.0 Å². The fraction of sp³-hybridized carbons (Fsp3) is 0.238. The van der Waals surface area contributed by atoms with E-state index in [4.69, 9.17) is 0 Å². The van der Waals surface area contributed by atoms with Crippen molar-refractivity contribution in [3.8, 4) is 5.69 Å². The number of benzene rings is 2. The van der Waals surface area contributed by atoms with Gasteiger partial charge in [-0.05, 0) is 48.2 Å². The molecule has 5 heteroatoms. The Labute approximate surface area is 152 Å². The van der Waals surface area contributed by atoms with Gasteiger partial charge in [-0.2, -0.15) is 5.10 Å². The SMILES string of the molecule is Cc1ccccc1CNC(=O)c1cnn(-c2ccc(F)cc2)c1C(C)C. The molecule has 0 spiro atoms. The second-order valence-corrected chi connectivity index (χ2v) is 6.60. The monoisotopic (exact) mass is 351 g/mol. The van der Waals surface area contributed by atoms with Crippen LogP contribution < -0.4 is 5.32 Å². The molecule has 0 fully saturated rings. The standard InChI is InChI=1S/C21H22FN3O/c1-14(2)20-19(13-24-25(20)18-10-8-17(22)9-11-18)21(26)23-12-16-7-5-4-6-15(16)3/h4-11,13-14H,12H2,1-3H3,(H,23,26). The average Bonchev–Trinajstić information content (AvgIpc) is 3.07. The number of aromatic nitrogens is 2. The number of nitrogens with zero attached hydrogens (tertiary/aromatic N) is 2. The molecular weight excluding hydrogens is 329 g/mol. The lowest BCUT2D eigenvalue weighted by molar-refractivity contribution is 0.0949.